The number of halogens is 1. The fourth-order valence-electron chi connectivity index (χ4n) is 2.74. The predicted molar refractivity (Wildman–Crippen MR) is 84.4 cm³/mol. The Morgan fingerprint density at radius 1 is 1.21 bits per heavy atom. The summed E-state index contributed by atoms with van der Waals surface area (Å²) in [6.07, 6.45) is 1.12. The van der Waals surface area contributed by atoms with Crippen molar-refractivity contribution < 1.29 is 0 Å². The summed E-state index contributed by atoms with van der Waals surface area (Å²) in [6.45, 7) is 2.77. The van der Waals surface area contributed by atoms with Gasteiger partial charge in [-0.15, -0.1) is 11.3 Å². The van der Waals surface area contributed by atoms with Crippen LogP contribution in [0.4, 0.5) is 0 Å². The van der Waals surface area contributed by atoms with Crippen LogP contribution in [0.25, 0.3) is 0 Å². The number of nitrogens with two attached hydrogens (primary N) is 1. The third-order valence-electron chi connectivity index (χ3n) is 3.75. The Hall–Kier alpha value is -0.680. The van der Waals surface area contributed by atoms with E-state index < -0.39 is 0 Å². The van der Waals surface area contributed by atoms with E-state index in [1.165, 1.54) is 19.8 Å². The lowest BCUT2D eigenvalue weighted by Crippen LogP contribution is -2.37. The maximum Gasteiger partial charge on any atom is 0.0702 e. The van der Waals surface area contributed by atoms with Crippen molar-refractivity contribution in [1.82, 2.24) is 4.90 Å². The SMILES string of the molecule is NCC(c1ccc(Br)s1)N1CCc2ccccc2C1. The highest BCUT2D eigenvalue weighted by Crippen LogP contribution is 2.33. The van der Waals surface area contributed by atoms with E-state index in [-0.39, 0.29) is 0 Å². The molecule has 0 radical (unpaired) electrons. The van der Waals surface area contributed by atoms with E-state index in [2.05, 4.69) is 57.2 Å². The first-order chi connectivity index (χ1) is 9.28. The monoisotopic (exact) mass is 336 g/mol. The van der Waals surface area contributed by atoms with Gasteiger partial charge in [-0.1, -0.05) is 24.3 Å². The van der Waals surface area contributed by atoms with E-state index >= 15 is 0 Å². The van der Waals surface area contributed by atoms with E-state index in [9.17, 15) is 0 Å². The molecule has 19 heavy (non-hydrogen) atoms. The van der Waals surface area contributed by atoms with Crippen LogP contribution in [-0.4, -0.2) is 18.0 Å². The summed E-state index contributed by atoms with van der Waals surface area (Å²) in [7, 11) is 0. The smallest absolute Gasteiger partial charge is 0.0702 e. The van der Waals surface area contributed by atoms with Gasteiger partial charge in [0, 0.05) is 24.5 Å². The fraction of sp³-hybridized carbons (Fsp3) is 0.333. The Morgan fingerprint density at radius 2 is 2.00 bits per heavy atom. The first-order valence-electron chi connectivity index (χ1n) is 6.54. The lowest BCUT2D eigenvalue weighted by Gasteiger charge is -2.34. The average molecular weight is 337 g/mol. The van der Waals surface area contributed by atoms with Gasteiger partial charge in [0.15, 0.2) is 0 Å². The highest BCUT2D eigenvalue weighted by molar-refractivity contribution is 9.11. The highest BCUT2D eigenvalue weighted by atomic mass is 79.9. The molecule has 1 aromatic heterocycles. The Kier molecular flexibility index (Phi) is 4.03. The van der Waals surface area contributed by atoms with Gasteiger partial charge < -0.3 is 5.73 Å². The molecule has 0 saturated heterocycles. The molecule has 0 aliphatic carbocycles. The molecule has 3 rings (SSSR count). The van der Waals surface area contributed by atoms with Gasteiger partial charge in [-0.25, -0.2) is 0 Å². The van der Waals surface area contributed by atoms with Crippen LogP contribution in [-0.2, 0) is 13.0 Å². The van der Waals surface area contributed by atoms with E-state index in [4.69, 9.17) is 5.73 Å². The van der Waals surface area contributed by atoms with Crippen molar-refractivity contribution in [1.29, 1.82) is 0 Å². The molecule has 0 spiro atoms. The van der Waals surface area contributed by atoms with Crippen LogP contribution in [0.1, 0.15) is 22.0 Å². The molecule has 1 unspecified atom stereocenters. The third kappa shape index (κ3) is 2.77. The van der Waals surface area contributed by atoms with Gasteiger partial charge in [0.2, 0.25) is 0 Å². The van der Waals surface area contributed by atoms with Gasteiger partial charge >= 0.3 is 0 Å². The molecule has 1 atom stereocenters. The minimum absolute atomic E-state index is 0.338. The summed E-state index contributed by atoms with van der Waals surface area (Å²) in [4.78, 5) is 3.86. The Bertz CT molecular complexity index is 567. The van der Waals surface area contributed by atoms with Crippen molar-refractivity contribution in [3.63, 3.8) is 0 Å². The van der Waals surface area contributed by atoms with E-state index in [0.717, 1.165) is 19.5 Å². The van der Waals surface area contributed by atoms with Gasteiger partial charge in [0.1, 0.15) is 0 Å². The van der Waals surface area contributed by atoms with Crippen molar-refractivity contribution >= 4 is 27.3 Å². The maximum absolute atomic E-state index is 6.01. The number of hydrogen-bond acceptors (Lipinski definition) is 3. The van der Waals surface area contributed by atoms with Crippen LogP contribution in [0, 0.1) is 0 Å². The van der Waals surface area contributed by atoms with Crippen LogP contribution < -0.4 is 5.73 Å². The van der Waals surface area contributed by atoms with E-state index in [1.807, 2.05) is 0 Å². The summed E-state index contributed by atoms with van der Waals surface area (Å²) < 4.78 is 1.18. The van der Waals surface area contributed by atoms with Crippen LogP contribution in [0.15, 0.2) is 40.2 Å². The quantitative estimate of drug-likeness (QED) is 0.928. The minimum atomic E-state index is 0.338. The number of rotatable bonds is 3. The average Bonchev–Trinajstić information content (AvgIpc) is 2.86. The Labute approximate surface area is 126 Å². The normalized spacial score (nSPS) is 17.2. The third-order valence-corrected chi connectivity index (χ3v) is 5.47. The second-order valence-electron chi connectivity index (χ2n) is 4.88. The van der Waals surface area contributed by atoms with Gasteiger partial charge in [-0.05, 0) is 45.6 Å². The van der Waals surface area contributed by atoms with Crippen LogP contribution in [0.5, 0.6) is 0 Å². The number of hydrogen-bond donors (Lipinski definition) is 1. The Balaban J connectivity index is 1.83. The van der Waals surface area contributed by atoms with Crippen molar-refractivity contribution in [2.75, 3.05) is 13.1 Å². The second-order valence-corrected chi connectivity index (χ2v) is 7.38. The lowest BCUT2D eigenvalue weighted by molar-refractivity contribution is 0.186. The van der Waals surface area contributed by atoms with Crippen LogP contribution in [0.3, 0.4) is 0 Å². The van der Waals surface area contributed by atoms with Gasteiger partial charge in [0.05, 0.1) is 9.83 Å². The van der Waals surface area contributed by atoms with E-state index in [1.54, 1.807) is 11.3 Å². The largest absolute Gasteiger partial charge is 0.329 e. The topological polar surface area (TPSA) is 29.3 Å². The minimum Gasteiger partial charge on any atom is -0.329 e. The molecule has 4 heteroatoms. The van der Waals surface area contributed by atoms with Crippen molar-refractivity contribution in [2.45, 2.75) is 19.0 Å². The Morgan fingerprint density at radius 3 is 2.68 bits per heavy atom. The molecule has 1 aromatic carbocycles. The van der Waals surface area contributed by atoms with Crippen molar-refractivity contribution in [3.05, 3.63) is 56.2 Å². The molecule has 0 saturated carbocycles. The summed E-state index contributed by atoms with van der Waals surface area (Å²) in [5, 5.41) is 0. The summed E-state index contributed by atoms with van der Waals surface area (Å²) in [6, 6.07) is 13.4. The maximum atomic E-state index is 6.01. The summed E-state index contributed by atoms with van der Waals surface area (Å²) in [5.74, 6) is 0. The number of benzene rings is 1. The molecule has 1 aliphatic heterocycles. The molecule has 2 N–H and O–H groups in total. The molecular formula is C15H17BrN2S. The zero-order valence-electron chi connectivity index (χ0n) is 10.7. The number of thiophene rings is 1. The van der Waals surface area contributed by atoms with Crippen molar-refractivity contribution in [2.24, 2.45) is 5.73 Å². The molecular weight excluding hydrogens is 320 g/mol. The first kappa shape index (κ1) is 13.3. The van der Waals surface area contributed by atoms with Gasteiger partial charge in [-0.2, -0.15) is 0 Å². The fourth-order valence-corrected chi connectivity index (χ4v) is 4.31. The zero-order valence-corrected chi connectivity index (χ0v) is 13.1. The number of nitrogens with zero attached hydrogens (tertiary/aromatic N) is 1. The van der Waals surface area contributed by atoms with Gasteiger partial charge in [-0.3, -0.25) is 4.90 Å². The van der Waals surface area contributed by atoms with Gasteiger partial charge in [0.25, 0.3) is 0 Å². The van der Waals surface area contributed by atoms with Crippen LogP contribution in [0.2, 0.25) is 0 Å². The molecule has 2 heterocycles. The van der Waals surface area contributed by atoms with E-state index in [0.29, 0.717) is 12.6 Å². The molecule has 0 amide bonds. The summed E-state index contributed by atoms with van der Waals surface area (Å²) in [5.41, 5.74) is 8.95. The molecule has 2 aromatic rings. The molecule has 2 nitrogen and oxygen atoms in total. The molecule has 0 bridgehead atoms. The molecule has 1 aliphatic rings. The first-order valence-corrected chi connectivity index (χ1v) is 8.15. The highest BCUT2D eigenvalue weighted by Gasteiger charge is 2.24. The second kappa shape index (κ2) is 5.75. The molecule has 0 fully saturated rings. The predicted octanol–water partition coefficient (Wildman–Crippen LogP) is 3.57. The summed E-state index contributed by atoms with van der Waals surface area (Å²) >= 11 is 5.33. The standard InChI is InChI=1S/C15H17BrN2S/c16-15-6-5-14(19-15)13(9-17)18-8-7-11-3-1-2-4-12(11)10-18/h1-6,13H,7-10,17H2. The lowest BCUT2D eigenvalue weighted by atomic mass is 9.98. The van der Waals surface area contributed by atoms with Crippen LogP contribution >= 0.6 is 27.3 Å². The zero-order chi connectivity index (χ0) is 13.2. The van der Waals surface area contributed by atoms with Crippen molar-refractivity contribution in [3.8, 4) is 0 Å². The number of fused-ring (bicyclic) bond motifs is 1. The molecule has 100 valence electrons.